The predicted octanol–water partition coefficient (Wildman–Crippen LogP) is 12.2. The van der Waals surface area contributed by atoms with E-state index in [1.165, 1.54) is 186 Å². The summed E-state index contributed by atoms with van der Waals surface area (Å²) >= 11 is 0. The second kappa shape index (κ2) is 21.4. The van der Waals surface area contributed by atoms with Crippen LogP contribution in [0.2, 0.25) is 0 Å². The van der Waals surface area contributed by atoms with Crippen LogP contribution in [0, 0.1) is 5.92 Å². The summed E-state index contributed by atoms with van der Waals surface area (Å²) in [5.74, 6) is 0.848. The molecule has 0 N–H and O–H groups in total. The third kappa shape index (κ3) is 12.1. The van der Waals surface area contributed by atoms with Crippen molar-refractivity contribution in [2.75, 3.05) is 7.05 Å². The van der Waals surface area contributed by atoms with Crippen LogP contribution in [0.5, 0.6) is 0 Å². The molecule has 3 aliphatic rings. The third-order valence-electron chi connectivity index (χ3n) is 10.9. The van der Waals surface area contributed by atoms with Gasteiger partial charge in [-0.15, -0.1) is 0 Å². The number of rotatable bonds is 9. The number of likely N-dealkylation sites (N-methyl/N-ethyl adjacent to an activating group) is 1. The lowest BCUT2D eigenvalue weighted by atomic mass is 9.80. The van der Waals surface area contributed by atoms with E-state index >= 15 is 0 Å². The van der Waals surface area contributed by atoms with E-state index in [1.54, 1.807) is 0 Å². The number of unbranched alkanes of at least 4 members (excludes halogenated alkanes) is 3. The van der Waals surface area contributed by atoms with Crippen molar-refractivity contribution in [3.63, 3.8) is 0 Å². The summed E-state index contributed by atoms with van der Waals surface area (Å²) in [6, 6.07) is 2.02. The Morgan fingerprint density at radius 2 is 1.02 bits per heavy atom. The van der Waals surface area contributed by atoms with E-state index in [2.05, 4.69) is 37.0 Å². The van der Waals surface area contributed by atoms with Gasteiger partial charge < -0.3 is 0 Å². The van der Waals surface area contributed by atoms with Crippen molar-refractivity contribution in [3.05, 3.63) is 11.6 Å². The first-order valence-corrected chi connectivity index (χ1v) is 19.0. The monoisotopic (exact) mass is 557 g/mol. The molecule has 0 aromatic rings. The molecule has 0 radical (unpaired) electrons. The van der Waals surface area contributed by atoms with Gasteiger partial charge in [0.25, 0.3) is 0 Å². The maximum absolute atomic E-state index is 3.02. The minimum Gasteiger partial charge on any atom is -0.237 e. The highest BCUT2D eigenvalue weighted by atomic mass is 15.7. The van der Waals surface area contributed by atoms with Crippen molar-refractivity contribution in [2.45, 2.75) is 218 Å². The van der Waals surface area contributed by atoms with Gasteiger partial charge in [0.15, 0.2) is 0 Å². The van der Waals surface area contributed by atoms with Gasteiger partial charge in [-0.3, -0.25) is 0 Å². The molecule has 234 valence electrons. The molecular formula is C38H72N2. The Bertz CT molecular complexity index is 615. The lowest BCUT2D eigenvalue weighted by molar-refractivity contribution is -0.115. The van der Waals surface area contributed by atoms with Crippen molar-refractivity contribution < 1.29 is 0 Å². The van der Waals surface area contributed by atoms with Crippen molar-refractivity contribution in [1.29, 1.82) is 0 Å². The first-order chi connectivity index (χ1) is 19.8. The molecule has 0 aromatic heterocycles. The summed E-state index contributed by atoms with van der Waals surface area (Å²) in [6.07, 6.45) is 44.5. The highest BCUT2D eigenvalue weighted by Crippen LogP contribution is 2.39. The van der Waals surface area contributed by atoms with Crippen molar-refractivity contribution >= 4 is 0 Å². The van der Waals surface area contributed by atoms with E-state index in [0.29, 0.717) is 12.1 Å². The molecule has 2 atom stereocenters. The fraction of sp³-hybridized carbons (Fsp3) is 0.947. The van der Waals surface area contributed by atoms with Gasteiger partial charge in [-0.2, -0.15) is 0 Å². The van der Waals surface area contributed by atoms with Crippen LogP contribution in [0.3, 0.4) is 0 Å². The molecule has 0 spiro atoms. The number of hydrogen-bond donors (Lipinski definition) is 0. The zero-order valence-corrected chi connectivity index (χ0v) is 27.8. The van der Waals surface area contributed by atoms with Crippen LogP contribution in [0.25, 0.3) is 0 Å². The van der Waals surface area contributed by atoms with Crippen LogP contribution < -0.4 is 0 Å². The Hall–Kier alpha value is -0.340. The predicted molar refractivity (Wildman–Crippen MR) is 178 cm³/mol. The molecular weight excluding hydrogens is 484 g/mol. The molecule has 0 saturated heterocycles. The smallest absolute Gasteiger partial charge is 0.0481 e. The van der Waals surface area contributed by atoms with Gasteiger partial charge in [-0.05, 0) is 50.9 Å². The molecule has 0 aromatic carbocycles. The summed E-state index contributed by atoms with van der Waals surface area (Å²) in [6.45, 7) is 4.77. The van der Waals surface area contributed by atoms with Gasteiger partial charge in [0, 0.05) is 25.2 Å². The zero-order valence-electron chi connectivity index (χ0n) is 27.8. The number of hydrazine groups is 1. The van der Waals surface area contributed by atoms with Gasteiger partial charge in [-0.1, -0.05) is 167 Å². The number of hydrogen-bond acceptors (Lipinski definition) is 2. The minimum atomic E-state index is 0.626. The van der Waals surface area contributed by atoms with Crippen LogP contribution in [0.4, 0.5) is 0 Å². The largest absolute Gasteiger partial charge is 0.237 e. The molecule has 2 fully saturated rings. The van der Waals surface area contributed by atoms with E-state index in [-0.39, 0.29) is 0 Å². The second-order valence-corrected chi connectivity index (χ2v) is 14.2. The fourth-order valence-electron chi connectivity index (χ4n) is 8.53. The van der Waals surface area contributed by atoms with Gasteiger partial charge >= 0.3 is 0 Å². The average Bonchev–Trinajstić information content (AvgIpc) is 2.99. The van der Waals surface area contributed by atoms with E-state index in [0.717, 1.165) is 12.0 Å². The van der Waals surface area contributed by atoms with E-state index in [1.807, 2.05) is 5.57 Å². The molecule has 2 heteroatoms. The third-order valence-corrected chi connectivity index (χ3v) is 10.9. The van der Waals surface area contributed by atoms with Crippen LogP contribution in [0.1, 0.15) is 200 Å². The van der Waals surface area contributed by atoms with Crippen molar-refractivity contribution in [2.24, 2.45) is 5.92 Å². The molecule has 40 heavy (non-hydrogen) atoms. The standard InChI is InChI=1S/C38H72N2/c1-4-6-22-29-35-33-37(30-7-5-2)40(36-31-25-20-16-10-8-9-11-17-21-26-32-36)39(3)38(35)34-27-23-18-14-12-13-15-19-24-28-34/h33-34,36-38H,4-32H2,1-3H3. The van der Waals surface area contributed by atoms with E-state index in [4.69, 9.17) is 0 Å². The fourth-order valence-corrected chi connectivity index (χ4v) is 8.53. The summed E-state index contributed by atoms with van der Waals surface area (Å²) in [4.78, 5) is 0. The van der Waals surface area contributed by atoms with Gasteiger partial charge in [0.1, 0.15) is 0 Å². The van der Waals surface area contributed by atoms with Crippen molar-refractivity contribution in [3.8, 4) is 0 Å². The summed E-state index contributed by atoms with van der Waals surface area (Å²) < 4.78 is 0. The molecule has 3 rings (SSSR count). The molecule has 2 nitrogen and oxygen atoms in total. The Morgan fingerprint density at radius 1 is 0.575 bits per heavy atom. The normalized spacial score (nSPS) is 27.6. The van der Waals surface area contributed by atoms with Gasteiger partial charge in [0.2, 0.25) is 0 Å². The summed E-state index contributed by atoms with van der Waals surface area (Å²) in [5.41, 5.74) is 1.85. The Labute approximate surface area is 252 Å². The topological polar surface area (TPSA) is 6.48 Å². The molecule has 2 saturated carbocycles. The minimum absolute atomic E-state index is 0.626. The van der Waals surface area contributed by atoms with E-state index < -0.39 is 0 Å². The van der Waals surface area contributed by atoms with Crippen LogP contribution >= 0.6 is 0 Å². The second-order valence-electron chi connectivity index (χ2n) is 14.2. The Balaban J connectivity index is 1.88. The highest BCUT2D eigenvalue weighted by Gasteiger charge is 2.40. The molecule has 0 amide bonds. The lowest BCUT2D eigenvalue weighted by Crippen LogP contribution is -2.60. The Morgan fingerprint density at radius 3 is 1.50 bits per heavy atom. The maximum atomic E-state index is 3.02. The number of nitrogens with zero attached hydrogens (tertiary/aromatic N) is 2. The van der Waals surface area contributed by atoms with Crippen LogP contribution in [-0.2, 0) is 0 Å². The molecule has 2 aliphatic carbocycles. The highest BCUT2D eigenvalue weighted by molar-refractivity contribution is 5.20. The van der Waals surface area contributed by atoms with Crippen LogP contribution in [0.15, 0.2) is 11.6 Å². The zero-order chi connectivity index (χ0) is 28.3. The summed E-state index contributed by atoms with van der Waals surface area (Å²) in [5, 5.41) is 5.93. The Kier molecular flexibility index (Phi) is 18.2. The maximum Gasteiger partial charge on any atom is 0.0481 e. The first-order valence-electron chi connectivity index (χ1n) is 19.0. The van der Waals surface area contributed by atoms with Gasteiger partial charge in [0.05, 0.1) is 0 Å². The van der Waals surface area contributed by atoms with Crippen molar-refractivity contribution in [1.82, 2.24) is 10.0 Å². The molecule has 0 bridgehead atoms. The van der Waals surface area contributed by atoms with Gasteiger partial charge in [-0.25, -0.2) is 10.0 Å². The average molecular weight is 557 g/mol. The molecule has 1 aliphatic heterocycles. The summed E-state index contributed by atoms with van der Waals surface area (Å²) in [7, 11) is 2.56. The SMILES string of the molecule is CCCCCC1=CC(CCCC)N(C2CCCCCCCCCCCC2)N(C)C1C1CCCCCCCCCC1. The van der Waals surface area contributed by atoms with Crippen LogP contribution in [-0.4, -0.2) is 35.2 Å². The quantitative estimate of drug-likeness (QED) is 0.206. The first kappa shape index (κ1) is 34.2. The lowest BCUT2D eigenvalue weighted by Gasteiger charge is -2.52. The molecule has 2 unspecified atom stereocenters. The van der Waals surface area contributed by atoms with E-state index in [9.17, 15) is 0 Å². The molecule has 1 heterocycles.